The van der Waals surface area contributed by atoms with Crippen molar-refractivity contribution < 1.29 is 9.84 Å². The zero-order valence-electron chi connectivity index (χ0n) is 13.0. The van der Waals surface area contributed by atoms with E-state index in [1.54, 1.807) is 0 Å². The van der Waals surface area contributed by atoms with Crippen LogP contribution in [0.25, 0.3) is 0 Å². The fourth-order valence-corrected chi connectivity index (χ4v) is 3.57. The summed E-state index contributed by atoms with van der Waals surface area (Å²) >= 11 is 0. The van der Waals surface area contributed by atoms with E-state index in [0.717, 1.165) is 44.8 Å². The average molecular weight is 293 g/mol. The van der Waals surface area contributed by atoms with Crippen LogP contribution in [0, 0.1) is 5.92 Å². The van der Waals surface area contributed by atoms with Gasteiger partial charge in [0, 0.05) is 51.5 Å². The van der Waals surface area contributed by atoms with Crippen LogP contribution in [0.1, 0.15) is 31.4 Å². The van der Waals surface area contributed by atoms with E-state index < -0.39 is 5.60 Å². The van der Waals surface area contributed by atoms with Crippen molar-refractivity contribution in [1.29, 1.82) is 0 Å². The van der Waals surface area contributed by atoms with Gasteiger partial charge in [0.1, 0.15) is 0 Å². The number of ether oxygens (including phenoxy) is 1. The molecule has 0 amide bonds. The van der Waals surface area contributed by atoms with Gasteiger partial charge < -0.3 is 14.7 Å². The molecule has 0 bridgehead atoms. The molecule has 2 saturated heterocycles. The fraction of sp³-hybridized carbons (Fsp3) is 0.812. The van der Waals surface area contributed by atoms with Gasteiger partial charge in [-0.05, 0) is 44.3 Å². The molecule has 0 saturated carbocycles. The van der Waals surface area contributed by atoms with Crippen LogP contribution >= 0.6 is 0 Å². The predicted octanol–water partition coefficient (Wildman–Crippen LogP) is 1.22. The number of hydrogen-bond donors (Lipinski definition) is 1. The van der Waals surface area contributed by atoms with Crippen molar-refractivity contribution in [3.63, 3.8) is 0 Å². The van der Waals surface area contributed by atoms with Gasteiger partial charge in [0.15, 0.2) is 0 Å². The molecule has 1 aromatic rings. The summed E-state index contributed by atoms with van der Waals surface area (Å²) in [6, 6.07) is 2.12. The van der Waals surface area contributed by atoms with Crippen LogP contribution < -0.4 is 0 Å². The number of rotatable bonds is 4. The van der Waals surface area contributed by atoms with Crippen LogP contribution in [-0.2, 0) is 18.2 Å². The molecule has 1 aromatic heterocycles. The molecule has 3 rings (SSSR count). The van der Waals surface area contributed by atoms with Crippen molar-refractivity contribution in [1.82, 2.24) is 14.7 Å². The van der Waals surface area contributed by atoms with Crippen molar-refractivity contribution in [2.24, 2.45) is 13.0 Å². The van der Waals surface area contributed by atoms with E-state index in [9.17, 15) is 5.11 Å². The highest BCUT2D eigenvalue weighted by atomic mass is 16.5. The molecule has 5 nitrogen and oxygen atoms in total. The minimum atomic E-state index is -0.521. The molecule has 2 fully saturated rings. The normalized spacial score (nSPS) is 24.3. The molecule has 0 unspecified atom stereocenters. The van der Waals surface area contributed by atoms with E-state index in [1.807, 2.05) is 17.9 Å². The monoisotopic (exact) mass is 293 g/mol. The van der Waals surface area contributed by atoms with Crippen LogP contribution in [0.15, 0.2) is 12.3 Å². The summed E-state index contributed by atoms with van der Waals surface area (Å²) in [5, 5.41) is 14.8. The molecular formula is C16H27N3O2. The van der Waals surface area contributed by atoms with Gasteiger partial charge >= 0.3 is 0 Å². The van der Waals surface area contributed by atoms with E-state index >= 15 is 0 Å². The molecule has 0 atom stereocenters. The molecule has 0 aliphatic carbocycles. The Morgan fingerprint density at radius 3 is 2.67 bits per heavy atom. The molecule has 3 heterocycles. The van der Waals surface area contributed by atoms with Gasteiger partial charge in [-0.2, -0.15) is 5.10 Å². The Hall–Kier alpha value is -0.910. The number of aliphatic hydroxyl groups is 1. The highest BCUT2D eigenvalue weighted by molar-refractivity contribution is 5.01. The fourth-order valence-electron chi connectivity index (χ4n) is 3.57. The first-order chi connectivity index (χ1) is 10.1. The van der Waals surface area contributed by atoms with E-state index in [0.29, 0.717) is 13.2 Å². The zero-order chi connectivity index (χ0) is 14.7. The predicted molar refractivity (Wildman–Crippen MR) is 81.1 cm³/mol. The summed E-state index contributed by atoms with van der Waals surface area (Å²) in [5.74, 6) is 0.751. The Morgan fingerprint density at radius 2 is 2.05 bits per heavy atom. The van der Waals surface area contributed by atoms with Crippen LogP contribution in [-0.4, -0.2) is 58.2 Å². The number of hydrogen-bond acceptors (Lipinski definition) is 4. The van der Waals surface area contributed by atoms with Crippen LogP contribution in [0.3, 0.4) is 0 Å². The smallest absolute Gasteiger partial charge is 0.0817 e. The van der Waals surface area contributed by atoms with Crippen molar-refractivity contribution in [3.05, 3.63) is 18.0 Å². The molecule has 21 heavy (non-hydrogen) atoms. The van der Waals surface area contributed by atoms with Gasteiger partial charge in [0.05, 0.1) is 5.60 Å². The maximum atomic E-state index is 10.6. The Kier molecular flexibility index (Phi) is 4.62. The number of nitrogens with zero attached hydrogens (tertiary/aromatic N) is 3. The Bertz CT molecular complexity index is 446. The van der Waals surface area contributed by atoms with Crippen molar-refractivity contribution in [3.8, 4) is 0 Å². The summed E-state index contributed by atoms with van der Waals surface area (Å²) in [5.41, 5.74) is 0.809. The highest BCUT2D eigenvalue weighted by Crippen LogP contribution is 2.26. The zero-order valence-corrected chi connectivity index (χ0v) is 13.0. The number of piperidine rings is 1. The minimum absolute atomic E-state index is 0.521. The van der Waals surface area contributed by atoms with E-state index in [2.05, 4.69) is 16.1 Å². The second-order valence-electron chi connectivity index (χ2n) is 6.71. The number of aromatic nitrogens is 2. The lowest BCUT2D eigenvalue weighted by Crippen LogP contribution is -2.49. The van der Waals surface area contributed by atoms with Gasteiger partial charge in [0.2, 0.25) is 0 Å². The molecule has 2 aliphatic rings. The standard InChI is InChI=1S/C16H27N3O2/c1-18-15(2-7-17-18)12-14-3-8-19(9-4-14)13-16(20)5-10-21-11-6-16/h2,7,14,20H,3-6,8-13H2,1H3. The number of β-amino-alcohol motifs (C(OH)–C–C–N with tert-alkyl or cyclic N) is 1. The first-order valence-corrected chi connectivity index (χ1v) is 8.14. The van der Waals surface area contributed by atoms with Crippen LogP contribution in [0.2, 0.25) is 0 Å². The first-order valence-electron chi connectivity index (χ1n) is 8.14. The van der Waals surface area contributed by atoms with E-state index in [4.69, 9.17) is 4.74 Å². The number of aryl methyl sites for hydroxylation is 1. The molecule has 5 heteroatoms. The second kappa shape index (κ2) is 6.46. The van der Waals surface area contributed by atoms with Crippen LogP contribution in [0.5, 0.6) is 0 Å². The van der Waals surface area contributed by atoms with E-state index in [1.165, 1.54) is 18.5 Å². The number of likely N-dealkylation sites (tertiary alicyclic amines) is 1. The lowest BCUT2D eigenvalue weighted by atomic mass is 9.89. The molecule has 118 valence electrons. The third-order valence-corrected chi connectivity index (χ3v) is 5.07. The quantitative estimate of drug-likeness (QED) is 0.907. The lowest BCUT2D eigenvalue weighted by Gasteiger charge is -2.39. The summed E-state index contributed by atoms with van der Waals surface area (Å²) in [7, 11) is 2.02. The van der Waals surface area contributed by atoms with Gasteiger partial charge in [0.25, 0.3) is 0 Å². The Balaban J connectivity index is 1.45. The van der Waals surface area contributed by atoms with Gasteiger partial charge in [-0.25, -0.2) is 0 Å². The molecule has 1 N–H and O–H groups in total. The van der Waals surface area contributed by atoms with Gasteiger partial charge in [-0.3, -0.25) is 4.68 Å². The molecular weight excluding hydrogens is 266 g/mol. The van der Waals surface area contributed by atoms with Crippen LogP contribution in [0.4, 0.5) is 0 Å². The van der Waals surface area contributed by atoms with Gasteiger partial charge in [-0.1, -0.05) is 0 Å². The average Bonchev–Trinajstić information content (AvgIpc) is 2.87. The molecule has 0 radical (unpaired) electrons. The Morgan fingerprint density at radius 1 is 1.33 bits per heavy atom. The third-order valence-electron chi connectivity index (χ3n) is 5.07. The maximum absolute atomic E-state index is 10.6. The summed E-state index contributed by atoms with van der Waals surface area (Å²) in [6.07, 6.45) is 7.01. The highest BCUT2D eigenvalue weighted by Gasteiger charge is 2.33. The largest absolute Gasteiger partial charge is 0.388 e. The van der Waals surface area contributed by atoms with Gasteiger partial charge in [-0.15, -0.1) is 0 Å². The lowest BCUT2D eigenvalue weighted by molar-refractivity contribution is -0.0829. The van der Waals surface area contributed by atoms with Crippen molar-refractivity contribution in [2.45, 2.75) is 37.7 Å². The second-order valence-corrected chi connectivity index (χ2v) is 6.71. The third kappa shape index (κ3) is 3.84. The van der Waals surface area contributed by atoms with E-state index in [-0.39, 0.29) is 0 Å². The minimum Gasteiger partial charge on any atom is -0.388 e. The first kappa shape index (κ1) is 15.0. The maximum Gasteiger partial charge on any atom is 0.0817 e. The van der Waals surface area contributed by atoms with Crippen molar-refractivity contribution >= 4 is 0 Å². The summed E-state index contributed by atoms with van der Waals surface area (Å²) < 4.78 is 7.34. The molecule has 2 aliphatic heterocycles. The Labute approximate surface area is 126 Å². The SMILES string of the molecule is Cn1nccc1CC1CCN(CC2(O)CCOCC2)CC1. The molecule has 0 aromatic carbocycles. The van der Waals surface area contributed by atoms with Crippen molar-refractivity contribution in [2.75, 3.05) is 32.8 Å². The molecule has 0 spiro atoms. The topological polar surface area (TPSA) is 50.5 Å². The summed E-state index contributed by atoms with van der Waals surface area (Å²) in [6.45, 7) is 4.42. The summed E-state index contributed by atoms with van der Waals surface area (Å²) in [4.78, 5) is 2.44.